The minimum Gasteiger partial charge on any atom is -0.508 e. The second kappa shape index (κ2) is 10.6. The lowest BCUT2D eigenvalue weighted by atomic mass is 9.77. The minimum absolute atomic E-state index is 0.0946. The fourth-order valence-corrected chi connectivity index (χ4v) is 5.64. The van der Waals surface area contributed by atoms with E-state index in [1.807, 2.05) is 6.07 Å². The van der Waals surface area contributed by atoms with Gasteiger partial charge in [0.2, 0.25) is 5.91 Å². The van der Waals surface area contributed by atoms with Gasteiger partial charge in [-0.25, -0.2) is 4.39 Å². The van der Waals surface area contributed by atoms with Gasteiger partial charge in [-0.1, -0.05) is 60.7 Å². The molecule has 1 heterocycles. The predicted molar refractivity (Wildman–Crippen MR) is 144 cm³/mol. The van der Waals surface area contributed by atoms with Crippen molar-refractivity contribution < 1.29 is 32.4 Å². The van der Waals surface area contributed by atoms with Crippen LogP contribution in [-0.4, -0.2) is 29.1 Å². The summed E-state index contributed by atoms with van der Waals surface area (Å²) in [6.45, 7) is 0. The number of aliphatic hydroxyl groups excluding tert-OH is 1. The molecule has 4 aromatic carbocycles. The molecule has 1 aliphatic heterocycles. The number of para-hydroxylation sites is 1. The van der Waals surface area contributed by atoms with Crippen LogP contribution < -0.4 is 4.90 Å². The van der Waals surface area contributed by atoms with Gasteiger partial charge in [-0.3, -0.25) is 9.35 Å². The van der Waals surface area contributed by atoms with Crippen molar-refractivity contribution in [2.75, 3.05) is 4.90 Å². The zero-order chi connectivity index (χ0) is 27.7. The van der Waals surface area contributed by atoms with Crippen LogP contribution in [-0.2, 0) is 14.9 Å². The van der Waals surface area contributed by atoms with E-state index in [1.165, 1.54) is 36.4 Å². The molecule has 1 saturated heterocycles. The Morgan fingerprint density at radius 2 is 1.56 bits per heavy atom. The quantitative estimate of drug-likeness (QED) is 0.194. The van der Waals surface area contributed by atoms with Gasteiger partial charge >= 0.3 is 0 Å². The number of phenolic OH excluding ortho intramolecular Hbond substituents is 1. The van der Waals surface area contributed by atoms with Crippen LogP contribution in [0.15, 0.2) is 102 Å². The number of β-lactam (4-membered cyclic amide) rings is 1. The van der Waals surface area contributed by atoms with Gasteiger partial charge in [0, 0.05) is 16.8 Å². The van der Waals surface area contributed by atoms with Gasteiger partial charge in [-0.2, -0.15) is 8.42 Å². The van der Waals surface area contributed by atoms with Crippen LogP contribution in [0.2, 0.25) is 0 Å². The molecule has 0 saturated carbocycles. The number of hydrogen-bond acceptors (Lipinski definition) is 5. The first kappa shape index (κ1) is 26.6. The zero-order valence-electron chi connectivity index (χ0n) is 20.7. The lowest BCUT2D eigenvalue weighted by Gasteiger charge is -2.48. The van der Waals surface area contributed by atoms with Crippen molar-refractivity contribution in [3.05, 3.63) is 114 Å². The number of halogens is 1. The smallest absolute Gasteiger partial charge is 0.294 e. The van der Waals surface area contributed by atoms with Crippen molar-refractivity contribution in [1.82, 2.24) is 0 Å². The van der Waals surface area contributed by atoms with E-state index in [0.29, 0.717) is 22.4 Å². The molecule has 39 heavy (non-hydrogen) atoms. The van der Waals surface area contributed by atoms with Gasteiger partial charge in [0.25, 0.3) is 10.1 Å². The Morgan fingerprint density at radius 1 is 0.872 bits per heavy atom. The first-order valence-corrected chi connectivity index (χ1v) is 13.8. The summed E-state index contributed by atoms with van der Waals surface area (Å²) in [6, 6.07) is 25.0. The predicted octanol–water partition coefficient (Wildman–Crippen LogP) is 5.66. The van der Waals surface area contributed by atoms with Crippen molar-refractivity contribution in [2.45, 2.75) is 29.9 Å². The van der Waals surface area contributed by atoms with Gasteiger partial charge in [-0.15, -0.1) is 0 Å². The van der Waals surface area contributed by atoms with E-state index in [4.69, 9.17) is 0 Å². The molecule has 9 heteroatoms. The number of anilines is 1. The van der Waals surface area contributed by atoms with Crippen LogP contribution in [0.25, 0.3) is 11.1 Å². The third-order valence-corrected chi connectivity index (χ3v) is 7.93. The molecule has 0 aliphatic carbocycles. The van der Waals surface area contributed by atoms with E-state index < -0.39 is 34.0 Å². The van der Waals surface area contributed by atoms with E-state index >= 15 is 0 Å². The molecule has 1 amide bonds. The standard InChI is InChI=1S/C30H26FNO6S/c31-26-12-5-4-11-23(26)27(33)16-15-25-29(32(30(25)35)21-8-2-1-3-9-21)24-14-13-20(18-28(24)34)19-7-6-10-22(17-19)39(36,37)38/h1-14,17-18,25,27,29,33-34H,15-16H2,(H,36,37,38). The highest BCUT2D eigenvalue weighted by Crippen LogP contribution is 2.49. The summed E-state index contributed by atoms with van der Waals surface area (Å²) < 4.78 is 46.7. The molecule has 3 atom stereocenters. The van der Waals surface area contributed by atoms with Crippen molar-refractivity contribution in [3.63, 3.8) is 0 Å². The Balaban J connectivity index is 1.45. The highest BCUT2D eigenvalue weighted by Gasteiger charge is 2.49. The van der Waals surface area contributed by atoms with Crippen LogP contribution in [0, 0.1) is 11.7 Å². The normalized spacial score (nSPS) is 18.0. The van der Waals surface area contributed by atoms with Crippen LogP contribution in [0.3, 0.4) is 0 Å². The summed E-state index contributed by atoms with van der Waals surface area (Å²) in [6.07, 6.45) is -0.672. The second-order valence-electron chi connectivity index (χ2n) is 9.49. The Bertz CT molecular complexity index is 1630. The van der Waals surface area contributed by atoms with E-state index in [1.54, 1.807) is 59.5 Å². The van der Waals surface area contributed by atoms with Crippen LogP contribution in [0.5, 0.6) is 5.75 Å². The van der Waals surface area contributed by atoms with Crippen molar-refractivity contribution in [3.8, 4) is 16.9 Å². The number of amides is 1. The summed E-state index contributed by atoms with van der Waals surface area (Å²) in [5.41, 5.74) is 2.30. The molecule has 200 valence electrons. The average molecular weight is 548 g/mol. The van der Waals surface area contributed by atoms with Gasteiger partial charge < -0.3 is 15.1 Å². The fraction of sp³-hybridized carbons (Fsp3) is 0.167. The van der Waals surface area contributed by atoms with Crippen LogP contribution in [0.1, 0.15) is 36.1 Å². The summed E-state index contributed by atoms with van der Waals surface area (Å²) >= 11 is 0. The topological polar surface area (TPSA) is 115 Å². The Kier molecular flexibility index (Phi) is 7.22. The van der Waals surface area contributed by atoms with Crippen molar-refractivity contribution >= 4 is 21.7 Å². The SMILES string of the molecule is O=C1C(CCC(O)c2ccccc2F)C(c2ccc(-c3cccc(S(=O)(=O)O)c3)cc2O)N1c1ccccc1. The van der Waals surface area contributed by atoms with E-state index in [-0.39, 0.29) is 35.0 Å². The van der Waals surface area contributed by atoms with Gasteiger partial charge in [0.15, 0.2) is 0 Å². The summed E-state index contributed by atoms with van der Waals surface area (Å²) in [4.78, 5) is 14.6. The van der Waals surface area contributed by atoms with Gasteiger partial charge in [0.05, 0.1) is 23.0 Å². The number of carbonyl (C=O) groups excluding carboxylic acids is 1. The molecule has 0 aromatic heterocycles. The van der Waals surface area contributed by atoms with E-state index in [0.717, 1.165) is 0 Å². The van der Waals surface area contributed by atoms with Crippen molar-refractivity contribution in [2.24, 2.45) is 5.92 Å². The van der Waals surface area contributed by atoms with Crippen LogP contribution >= 0.6 is 0 Å². The Hall–Kier alpha value is -4.05. The summed E-state index contributed by atoms with van der Waals surface area (Å²) in [5.74, 6) is -1.34. The molecule has 0 spiro atoms. The number of phenols is 1. The minimum atomic E-state index is -4.40. The monoisotopic (exact) mass is 547 g/mol. The van der Waals surface area contributed by atoms with E-state index in [2.05, 4.69) is 0 Å². The number of benzene rings is 4. The molecule has 3 N–H and O–H groups in total. The molecule has 3 unspecified atom stereocenters. The lowest BCUT2D eigenvalue weighted by Crippen LogP contribution is -2.55. The number of rotatable bonds is 8. The first-order chi connectivity index (χ1) is 18.6. The highest BCUT2D eigenvalue weighted by atomic mass is 32.2. The van der Waals surface area contributed by atoms with E-state index in [9.17, 15) is 32.4 Å². The van der Waals surface area contributed by atoms with Crippen molar-refractivity contribution in [1.29, 1.82) is 0 Å². The molecule has 7 nitrogen and oxygen atoms in total. The van der Waals surface area contributed by atoms with Gasteiger partial charge in [-0.05, 0) is 60.4 Å². The molecule has 1 aliphatic rings. The lowest BCUT2D eigenvalue weighted by molar-refractivity contribution is -0.131. The largest absolute Gasteiger partial charge is 0.508 e. The molecule has 5 rings (SSSR count). The number of carbonyl (C=O) groups is 1. The second-order valence-corrected chi connectivity index (χ2v) is 10.9. The molecule has 0 radical (unpaired) electrons. The maximum atomic E-state index is 14.2. The molecular formula is C30H26FNO6S. The summed E-state index contributed by atoms with van der Waals surface area (Å²) in [5, 5.41) is 21.7. The fourth-order valence-electron chi connectivity index (χ4n) is 5.11. The first-order valence-electron chi connectivity index (χ1n) is 12.4. The van der Waals surface area contributed by atoms with Crippen LogP contribution in [0.4, 0.5) is 10.1 Å². The number of aromatic hydroxyl groups is 1. The molecule has 1 fully saturated rings. The average Bonchev–Trinajstić information content (AvgIpc) is 2.92. The van der Waals surface area contributed by atoms with Gasteiger partial charge in [0.1, 0.15) is 11.6 Å². The maximum absolute atomic E-state index is 14.2. The molecule has 0 bridgehead atoms. The third kappa shape index (κ3) is 5.29. The molecule has 4 aromatic rings. The zero-order valence-corrected chi connectivity index (χ0v) is 21.5. The Morgan fingerprint density at radius 3 is 2.26 bits per heavy atom. The molecular weight excluding hydrogens is 521 g/mol. The summed E-state index contributed by atoms with van der Waals surface area (Å²) in [7, 11) is -4.40. The number of hydrogen-bond donors (Lipinski definition) is 3. The number of aliphatic hydroxyl groups is 1. The number of nitrogens with zero attached hydrogens (tertiary/aromatic N) is 1. The highest BCUT2D eigenvalue weighted by molar-refractivity contribution is 7.85. The third-order valence-electron chi connectivity index (χ3n) is 7.08. The Labute approximate surface area is 225 Å². The maximum Gasteiger partial charge on any atom is 0.294 e.